The maximum atomic E-state index is 13.7. The lowest BCUT2D eigenvalue weighted by molar-refractivity contribution is -0.154. The van der Waals surface area contributed by atoms with Gasteiger partial charge in [0.1, 0.15) is 11.3 Å². The van der Waals surface area contributed by atoms with Crippen LogP contribution in [0.3, 0.4) is 0 Å². The minimum atomic E-state index is -3.94. The lowest BCUT2D eigenvalue weighted by atomic mass is 9.78. The van der Waals surface area contributed by atoms with Crippen LogP contribution in [-0.4, -0.2) is 74.3 Å². The van der Waals surface area contributed by atoms with Gasteiger partial charge in [-0.05, 0) is 36.2 Å². The maximum Gasteiger partial charge on any atom is 0.326 e. The van der Waals surface area contributed by atoms with Gasteiger partial charge in [-0.1, -0.05) is 44.2 Å². The van der Waals surface area contributed by atoms with Gasteiger partial charge in [0.2, 0.25) is 21.8 Å². The highest BCUT2D eigenvalue weighted by molar-refractivity contribution is 7.89. The van der Waals surface area contributed by atoms with Gasteiger partial charge in [-0.2, -0.15) is 4.31 Å². The molecule has 0 saturated carbocycles. The summed E-state index contributed by atoms with van der Waals surface area (Å²) in [5, 5.41) is 3.19. The number of ether oxygens (including phenoxy) is 2. The molecule has 0 unspecified atom stereocenters. The second kappa shape index (κ2) is 10.8. The number of benzene rings is 2. The molecule has 2 saturated heterocycles. The number of nitrogens with one attached hydrogen (secondary N) is 1. The second-order valence-electron chi connectivity index (χ2n) is 9.45. The van der Waals surface area contributed by atoms with Crippen LogP contribution in [0, 0.1) is 11.8 Å². The maximum absolute atomic E-state index is 13.7. The summed E-state index contributed by atoms with van der Waals surface area (Å²) in [7, 11) is -1.22. The average Bonchev–Trinajstić information content (AvgIpc) is 3.40. The van der Waals surface area contributed by atoms with E-state index < -0.39 is 51.2 Å². The van der Waals surface area contributed by atoms with Gasteiger partial charge in [-0.3, -0.25) is 24.6 Å². The Morgan fingerprint density at radius 3 is 2.24 bits per heavy atom. The Morgan fingerprint density at radius 2 is 1.68 bits per heavy atom. The van der Waals surface area contributed by atoms with Crippen LogP contribution in [-0.2, 0) is 35.7 Å². The lowest BCUT2D eigenvalue weighted by Crippen LogP contribution is -2.58. The fourth-order valence-electron chi connectivity index (χ4n) is 5.61. The third-order valence-corrected chi connectivity index (χ3v) is 9.55. The van der Waals surface area contributed by atoms with Crippen LogP contribution in [0.2, 0.25) is 0 Å². The smallest absolute Gasteiger partial charge is 0.326 e. The van der Waals surface area contributed by atoms with Crippen LogP contribution in [0.4, 0.5) is 0 Å². The number of methoxy groups -OCH3 is 2. The molecule has 4 atom stereocenters. The summed E-state index contributed by atoms with van der Waals surface area (Å²) < 4.78 is 38.5. The number of likely N-dealkylation sites (tertiary alicyclic amines) is 1. The largest absolute Gasteiger partial charge is 0.497 e. The molecule has 0 aliphatic carbocycles. The molecular formula is C27H33N3O7S. The van der Waals surface area contributed by atoms with Crippen molar-refractivity contribution < 1.29 is 32.3 Å². The first-order valence-electron chi connectivity index (χ1n) is 12.5. The van der Waals surface area contributed by atoms with Crippen molar-refractivity contribution >= 4 is 27.8 Å². The average molecular weight is 544 g/mol. The molecule has 4 rings (SSSR count). The molecule has 2 amide bonds. The van der Waals surface area contributed by atoms with E-state index in [2.05, 4.69) is 5.32 Å². The van der Waals surface area contributed by atoms with Crippen molar-refractivity contribution in [3.8, 4) is 5.75 Å². The van der Waals surface area contributed by atoms with E-state index in [-0.39, 0.29) is 31.0 Å². The summed E-state index contributed by atoms with van der Waals surface area (Å²) in [6.07, 6.45) is 0.187. The highest BCUT2D eigenvalue weighted by Crippen LogP contribution is 2.46. The predicted octanol–water partition coefficient (Wildman–Crippen LogP) is 1.80. The van der Waals surface area contributed by atoms with Gasteiger partial charge in [0.05, 0.1) is 37.5 Å². The standard InChI is InChI=1S/C27H33N3O7S/c1-5-27(26(33)37-4)23-22(24(31)30(25(23)32)16-18-10-8-7-9-11-18)21(28-27)17-29(6-2)38(34,35)20-14-12-19(36-3)13-15-20/h7-15,21-23,28H,5-6,16-17H2,1-4H3/t21-,22+,23-,27-/m1/s1. The number of amides is 2. The quantitative estimate of drug-likeness (QED) is 0.356. The van der Waals surface area contributed by atoms with Crippen LogP contribution in [0.5, 0.6) is 5.75 Å². The van der Waals surface area contributed by atoms with E-state index in [0.717, 1.165) is 5.56 Å². The number of fused-ring (bicyclic) bond motifs is 1. The zero-order chi connectivity index (χ0) is 27.7. The molecule has 0 bridgehead atoms. The van der Waals surface area contributed by atoms with Gasteiger partial charge in [0.15, 0.2) is 0 Å². The molecule has 1 N–H and O–H groups in total. The Hall–Kier alpha value is -3.28. The summed E-state index contributed by atoms with van der Waals surface area (Å²) in [5.74, 6) is -2.97. The highest BCUT2D eigenvalue weighted by atomic mass is 32.2. The Morgan fingerprint density at radius 1 is 1.03 bits per heavy atom. The molecule has 10 nitrogen and oxygen atoms in total. The molecule has 0 aromatic heterocycles. The van der Waals surface area contributed by atoms with Gasteiger partial charge in [-0.15, -0.1) is 0 Å². The van der Waals surface area contributed by atoms with Crippen molar-refractivity contribution in [2.45, 2.75) is 43.3 Å². The summed E-state index contributed by atoms with van der Waals surface area (Å²) in [5.41, 5.74) is -0.679. The molecule has 2 fully saturated rings. The number of hydrogen-bond donors (Lipinski definition) is 1. The van der Waals surface area contributed by atoms with Crippen molar-refractivity contribution in [2.24, 2.45) is 11.8 Å². The molecule has 0 radical (unpaired) electrons. The van der Waals surface area contributed by atoms with Crippen molar-refractivity contribution in [2.75, 3.05) is 27.3 Å². The number of carbonyl (C=O) groups excluding carboxylic acids is 3. The molecular weight excluding hydrogens is 510 g/mol. The number of likely N-dealkylation sites (N-methyl/N-ethyl adjacent to an activating group) is 1. The fraction of sp³-hybridized carbons (Fsp3) is 0.444. The lowest BCUT2D eigenvalue weighted by Gasteiger charge is -2.32. The van der Waals surface area contributed by atoms with E-state index in [1.165, 1.54) is 35.6 Å². The molecule has 2 heterocycles. The Labute approximate surface area is 222 Å². The second-order valence-corrected chi connectivity index (χ2v) is 11.4. The SMILES string of the molecule is CCN(C[C@H]1N[C@@](CC)(C(=O)OC)[C@H]2C(=O)N(Cc3ccccc3)C(=O)[C@@H]12)S(=O)(=O)c1ccc(OC)cc1. The van der Waals surface area contributed by atoms with Crippen molar-refractivity contribution in [1.29, 1.82) is 0 Å². The Balaban J connectivity index is 1.69. The first-order valence-corrected chi connectivity index (χ1v) is 14.0. The Kier molecular flexibility index (Phi) is 7.91. The van der Waals surface area contributed by atoms with Crippen LogP contribution in [0.1, 0.15) is 25.8 Å². The van der Waals surface area contributed by atoms with Gasteiger partial charge in [0, 0.05) is 19.1 Å². The van der Waals surface area contributed by atoms with E-state index in [4.69, 9.17) is 9.47 Å². The molecule has 2 aromatic carbocycles. The van der Waals surface area contributed by atoms with Gasteiger partial charge >= 0.3 is 5.97 Å². The number of sulfonamides is 1. The predicted molar refractivity (Wildman–Crippen MR) is 138 cm³/mol. The highest BCUT2D eigenvalue weighted by Gasteiger charge is 2.68. The first-order chi connectivity index (χ1) is 18.1. The molecule has 2 aliphatic rings. The van der Waals surface area contributed by atoms with Crippen LogP contribution >= 0.6 is 0 Å². The van der Waals surface area contributed by atoms with E-state index in [1.54, 1.807) is 26.0 Å². The third-order valence-electron chi connectivity index (χ3n) is 7.59. The van der Waals surface area contributed by atoms with E-state index in [0.29, 0.717) is 5.75 Å². The number of carbonyl (C=O) groups is 3. The van der Waals surface area contributed by atoms with Crippen molar-refractivity contribution in [3.05, 3.63) is 60.2 Å². The van der Waals surface area contributed by atoms with Crippen LogP contribution in [0.15, 0.2) is 59.5 Å². The summed E-state index contributed by atoms with van der Waals surface area (Å²) in [4.78, 5) is 41.8. The number of nitrogens with zero attached hydrogens (tertiary/aromatic N) is 2. The Bertz CT molecular complexity index is 1300. The monoisotopic (exact) mass is 543 g/mol. The van der Waals surface area contributed by atoms with Crippen molar-refractivity contribution in [3.63, 3.8) is 0 Å². The number of imide groups is 1. The van der Waals surface area contributed by atoms with E-state index in [1.807, 2.05) is 30.3 Å². The minimum absolute atomic E-state index is 0.0703. The number of rotatable bonds is 10. The molecule has 2 aliphatic heterocycles. The van der Waals surface area contributed by atoms with Crippen LogP contribution in [0.25, 0.3) is 0 Å². The van der Waals surface area contributed by atoms with Gasteiger partial charge in [0.25, 0.3) is 0 Å². The number of esters is 1. The van der Waals surface area contributed by atoms with E-state index >= 15 is 0 Å². The summed E-state index contributed by atoms with van der Waals surface area (Å²) in [6, 6.07) is 14.4. The third kappa shape index (κ3) is 4.59. The van der Waals surface area contributed by atoms with Gasteiger partial charge in [-0.25, -0.2) is 8.42 Å². The minimum Gasteiger partial charge on any atom is -0.497 e. The normalized spacial score (nSPS) is 25.1. The van der Waals surface area contributed by atoms with Crippen LogP contribution < -0.4 is 10.1 Å². The zero-order valence-electron chi connectivity index (χ0n) is 21.9. The molecule has 2 aromatic rings. The van der Waals surface area contributed by atoms with Gasteiger partial charge < -0.3 is 9.47 Å². The zero-order valence-corrected chi connectivity index (χ0v) is 22.7. The molecule has 38 heavy (non-hydrogen) atoms. The molecule has 204 valence electrons. The molecule has 0 spiro atoms. The first kappa shape index (κ1) is 27.7. The topological polar surface area (TPSA) is 122 Å². The van der Waals surface area contributed by atoms with E-state index in [9.17, 15) is 22.8 Å². The fourth-order valence-corrected chi connectivity index (χ4v) is 7.09. The molecule has 11 heteroatoms. The van der Waals surface area contributed by atoms with Crippen molar-refractivity contribution in [1.82, 2.24) is 14.5 Å². The summed E-state index contributed by atoms with van der Waals surface area (Å²) >= 11 is 0. The number of hydrogen-bond acceptors (Lipinski definition) is 8. The summed E-state index contributed by atoms with van der Waals surface area (Å²) in [6.45, 7) is 3.53.